The van der Waals surface area contributed by atoms with Crippen LogP contribution in [0.4, 0.5) is 26.3 Å². The molecule has 0 radical (unpaired) electrons. The van der Waals surface area contributed by atoms with Gasteiger partial charge in [0.1, 0.15) is 0 Å². The number of nitrogens with zero attached hydrogens (tertiary/aromatic N) is 1. The molecule has 3 rings (SSSR count). The minimum atomic E-state index is -5.00. The quantitative estimate of drug-likeness (QED) is 0.674. The predicted molar refractivity (Wildman–Crippen MR) is 80.8 cm³/mol. The van der Waals surface area contributed by atoms with Crippen LogP contribution in [0, 0.1) is 5.41 Å². The maximum absolute atomic E-state index is 12.9. The molecule has 27 heavy (non-hydrogen) atoms. The minimum absolute atomic E-state index is 0.000718. The molecule has 1 amide bonds. The molecule has 1 spiro atoms. The molecule has 0 saturated carbocycles. The normalized spacial score (nSPS) is 21.9. The van der Waals surface area contributed by atoms with Gasteiger partial charge in [0, 0.05) is 18.7 Å². The van der Waals surface area contributed by atoms with E-state index in [4.69, 9.17) is 9.47 Å². The molecule has 2 aliphatic rings. The molecule has 2 heterocycles. The maximum atomic E-state index is 12.9. The summed E-state index contributed by atoms with van der Waals surface area (Å²) in [6.07, 6.45) is -9.99. The number of ether oxygens (including phenoxy) is 2. The van der Waals surface area contributed by atoms with Crippen LogP contribution in [0.1, 0.15) is 35.3 Å². The van der Waals surface area contributed by atoms with E-state index in [-0.39, 0.29) is 19.2 Å². The van der Waals surface area contributed by atoms with Crippen LogP contribution in [0.5, 0.6) is 0 Å². The van der Waals surface area contributed by atoms with Crippen LogP contribution in [-0.2, 0) is 21.8 Å². The van der Waals surface area contributed by atoms with Crippen LogP contribution < -0.4 is 0 Å². The van der Waals surface area contributed by atoms with E-state index in [2.05, 4.69) is 0 Å². The topological polar surface area (TPSA) is 38.8 Å². The van der Waals surface area contributed by atoms with Crippen LogP contribution in [0.3, 0.4) is 0 Å². The number of carbonyl (C=O) groups is 1. The van der Waals surface area contributed by atoms with E-state index in [1.54, 1.807) is 13.8 Å². The van der Waals surface area contributed by atoms with E-state index in [1.807, 2.05) is 0 Å². The van der Waals surface area contributed by atoms with Crippen molar-refractivity contribution in [1.29, 1.82) is 0 Å². The molecular weight excluding hydrogens is 380 g/mol. The summed E-state index contributed by atoms with van der Waals surface area (Å²) >= 11 is 0. The first-order chi connectivity index (χ1) is 12.2. The van der Waals surface area contributed by atoms with Crippen LogP contribution >= 0.6 is 0 Å². The van der Waals surface area contributed by atoms with Crippen LogP contribution in [0.2, 0.25) is 0 Å². The van der Waals surface area contributed by atoms with Gasteiger partial charge < -0.3 is 14.4 Å². The summed E-state index contributed by atoms with van der Waals surface area (Å²) in [6, 6.07) is 0.887. The van der Waals surface area contributed by atoms with Crippen molar-refractivity contribution >= 4 is 5.91 Å². The van der Waals surface area contributed by atoms with E-state index >= 15 is 0 Å². The zero-order valence-corrected chi connectivity index (χ0v) is 14.5. The van der Waals surface area contributed by atoms with E-state index in [9.17, 15) is 31.1 Å². The summed E-state index contributed by atoms with van der Waals surface area (Å²) < 4.78 is 88.6. The number of halogens is 6. The lowest BCUT2D eigenvalue weighted by Gasteiger charge is -2.54. The van der Waals surface area contributed by atoms with Gasteiger partial charge in [0.05, 0.1) is 29.8 Å². The monoisotopic (exact) mass is 397 g/mol. The lowest BCUT2D eigenvalue weighted by Crippen LogP contribution is -2.65. The van der Waals surface area contributed by atoms with Crippen molar-refractivity contribution in [1.82, 2.24) is 4.90 Å². The first kappa shape index (κ1) is 19.9. The van der Waals surface area contributed by atoms with E-state index in [1.165, 1.54) is 4.90 Å². The molecule has 1 aromatic rings. The highest BCUT2D eigenvalue weighted by molar-refractivity contribution is 5.95. The number of rotatable bonds is 1. The average Bonchev–Trinajstić information content (AvgIpc) is 2.50. The van der Waals surface area contributed by atoms with Gasteiger partial charge in [0.2, 0.25) is 0 Å². The van der Waals surface area contributed by atoms with Crippen molar-refractivity contribution in [2.75, 3.05) is 26.3 Å². The molecule has 0 atom stereocenters. The van der Waals surface area contributed by atoms with Crippen molar-refractivity contribution in [2.45, 2.75) is 32.0 Å². The third-order valence-corrected chi connectivity index (χ3v) is 4.63. The van der Waals surface area contributed by atoms with E-state index < -0.39 is 46.2 Å². The number of hydrogen-bond acceptors (Lipinski definition) is 3. The van der Waals surface area contributed by atoms with E-state index in [0.29, 0.717) is 25.3 Å². The Morgan fingerprint density at radius 3 is 1.78 bits per heavy atom. The van der Waals surface area contributed by atoms with Crippen LogP contribution in [0.15, 0.2) is 18.2 Å². The van der Waals surface area contributed by atoms with Gasteiger partial charge in [-0.15, -0.1) is 0 Å². The zero-order chi connectivity index (χ0) is 20.3. The van der Waals surface area contributed by atoms with Gasteiger partial charge in [0.15, 0.2) is 5.79 Å². The molecule has 10 heteroatoms. The molecule has 0 unspecified atom stereocenters. The number of benzene rings is 1. The second kappa shape index (κ2) is 6.10. The summed E-state index contributed by atoms with van der Waals surface area (Å²) in [5.74, 6) is -1.65. The highest BCUT2D eigenvalue weighted by atomic mass is 19.4. The largest absolute Gasteiger partial charge is 0.416 e. The van der Waals surface area contributed by atoms with Crippen molar-refractivity contribution < 1.29 is 40.6 Å². The highest BCUT2D eigenvalue weighted by Gasteiger charge is 2.50. The molecule has 2 saturated heterocycles. The van der Waals surface area contributed by atoms with Crippen molar-refractivity contribution in [2.24, 2.45) is 5.41 Å². The Kier molecular flexibility index (Phi) is 4.50. The van der Waals surface area contributed by atoms with Gasteiger partial charge in [-0.3, -0.25) is 4.79 Å². The van der Waals surface area contributed by atoms with Gasteiger partial charge >= 0.3 is 12.4 Å². The Labute approximate surface area is 151 Å². The molecule has 2 fully saturated rings. The maximum Gasteiger partial charge on any atom is 0.416 e. The number of likely N-dealkylation sites (tertiary alicyclic amines) is 1. The van der Waals surface area contributed by atoms with Crippen molar-refractivity contribution in [3.63, 3.8) is 0 Å². The lowest BCUT2D eigenvalue weighted by atomic mass is 9.80. The SMILES string of the molecule is CC1(C)OCC2(CO1)CN(C(=O)c1cc(C(F)(F)F)cc(C(F)(F)F)c1)C2. The Bertz CT molecular complexity index is 706. The Morgan fingerprint density at radius 1 is 0.926 bits per heavy atom. The second-order valence-electron chi connectivity index (χ2n) is 7.43. The molecule has 0 N–H and O–H groups in total. The Morgan fingerprint density at radius 2 is 1.37 bits per heavy atom. The fourth-order valence-corrected chi connectivity index (χ4v) is 3.09. The lowest BCUT2D eigenvalue weighted by molar-refractivity contribution is -0.301. The smallest absolute Gasteiger partial charge is 0.350 e. The summed E-state index contributed by atoms with van der Waals surface area (Å²) in [7, 11) is 0. The van der Waals surface area contributed by atoms with Gasteiger partial charge in [-0.2, -0.15) is 26.3 Å². The van der Waals surface area contributed by atoms with Gasteiger partial charge in [-0.05, 0) is 32.0 Å². The Hall–Kier alpha value is -1.81. The number of alkyl halides is 6. The van der Waals surface area contributed by atoms with Gasteiger partial charge in [-0.25, -0.2) is 0 Å². The fraction of sp³-hybridized carbons (Fsp3) is 0.588. The molecule has 2 aliphatic heterocycles. The first-order valence-electron chi connectivity index (χ1n) is 8.08. The highest BCUT2D eigenvalue weighted by Crippen LogP contribution is 2.40. The molecule has 4 nitrogen and oxygen atoms in total. The molecule has 0 bridgehead atoms. The van der Waals surface area contributed by atoms with Crippen LogP contribution in [0.25, 0.3) is 0 Å². The summed E-state index contributed by atoms with van der Waals surface area (Å²) in [5.41, 5.74) is -4.16. The van der Waals surface area contributed by atoms with Gasteiger partial charge in [-0.1, -0.05) is 0 Å². The average molecular weight is 397 g/mol. The standard InChI is InChI=1S/C17H17F6NO3/c1-14(2)26-8-15(9-27-14)6-24(7-15)13(25)10-3-11(16(18,19)20)5-12(4-10)17(21,22)23/h3-5H,6-9H2,1-2H3. The minimum Gasteiger partial charge on any atom is -0.350 e. The number of amides is 1. The first-order valence-corrected chi connectivity index (χ1v) is 8.08. The second-order valence-corrected chi connectivity index (χ2v) is 7.43. The fourth-order valence-electron chi connectivity index (χ4n) is 3.09. The molecular formula is C17H17F6NO3. The number of hydrogen-bond donors (Lipinski definition) is 0. The van der Waals surface area contributed by atoms with Crippen molar-refractivity contribution in [3.05, 3.63) is 34.9 Å². The molecule has 150 valence electrons. The summed E-state index contributed by atoms with van der Waals surface area (Å²) in [6.45, 7) is 4.31. The summed E-state index contributed by atoms with van der Waals surface area (Å²) in [4.78, 5) is 13.6. The summed E-state index contributed by atoms with van der Waals surface area (Å²) in [5, 5.41) is 0. The third-order valence-electron chi connectivity index (χ3n) is 4.63. The zero-order valence-electron chi connectivity index (χ0n) is 14.5. The Balaban J connectivity index is 1.80. The van der Waals surface area contributed by atoms with E-state index in [0.717, 1.165) is 0 Å². The van der Waals surface area contributed by atoms with Crippen LogP contribution in [-0.4, -0.2) is 42.9 Å². The molecule has 0 aromatic heterocycles. The third kappa shape index (κ3) is 4.06. The predicted octanol–water partition coefficient (Wildman–Crippen LogP) is 3.95. The molecule has 0 aliphatic carbocycles. The van der Waals surface area contributed by atoms with Crippen molar-refractivity contribution in [3.8, 4) is 0 Å². The van der Waals surface area contributed by atoms with Gasteiger partial charge in [0.25, 0.3) is 5.91 Å². The molecule has 1 aromatic carbocycles. The number of carbonyl (C=O) groups excluding carboxylic acids is 1.